The number of fused-ring (bicyclic) bond motifs is 1. The molecule has 1 atom stereocenters. The summed E-state index contributed by atoms with van der Waals surface area (Å²) in [5.74, 6) is 2.66. The average molecular weight is 289 g/mol. The molecule has 0 aliphatic carbocycles. The molecule has 0 saturated carbocycles. The Kier molecular flexibility index (Phi) is 3.64. The Morgan fingerprint density at radius 1 is 1.62 bits per heavy atom. The summed E-state index contributed by atoms with van der Waals surface area (Å²) in [6.45, 7) is 3.46. The number of nitrogens with one attached hydrogen (secondary N) is 1. The molecule has 3 rings (SSSR count). The van der Waals surface area contributed by atoms with Crippen LogP contribution in [0.2, 0.25) is 0 Å². The van der Waals surface area contributed by atoms with Gasteiger partial charge in [-0.05, 0) is 19.3 Å². The van der Waals surface area contributed by atoms with Gasteiger partial charge in [-0.25, -0.2) is 9.78 Å². The van der Waals surface area contributed by atoms with E-state index in [-0.39, 0.29) is 6.03 Å². The number of anilines is 1. The largest absolute Gasteiger partial charge is 0.360 e. The summed E-state index contributed by atoms with van der Waals surface area (Å²) in [5.41, 5.74) is 0. The molecule has 7 heteroatoms. The van der Waals surface area contributed by atoms with Gasteiger partial charge in [0.2, 0.25) is 0 Å². The number of aromatic nitrogens is 3. The second-order valence-electron chi connectivity index (χ2n) is 5.53. The van der Waals surface area contributed by atoms with Crippen molar-refractivity contribution in [1.82, 2.24) is 19.6 Å². The molecule has 0 spiro atoms. The molecular weight excluding hydrogens is 270 g/mol. The fourth-order valence-electron chi connectivity index (χ4n) is 2.67. The van der Waals surface area contributed by atoms with Crippen molar-refractivity contribution in [1.29, 1.82) is 0 Å². The summed E-state index contributed by atoms with van der Waals surface area (Å²) in [6.07, 6.45) is 5.81. The maximum Gasteiger partial charge on any atom is 0.322 e. The quantitative estimate of drug-likeness (QED) is 0.936. The second kappa shape index (κ2) is 5.59. The van der Waals surface area contributed by atoms with Crippen molar-refractivity contribution in [3.63, 3.8) is 0 Å². The summed E-state index contributed by atoms with van der Waals surface area (Å²) < 4.78 is 7.11. The molecule has 2 aromatic rings. The van der Waals surface area contributed by atoms with Gasteiger partial charge in [-0.3, -0.25) is 5.32 Å². The molecule has 2 amide bonds. The first-order valence-corrected chi connectivity index (χ1v) is 7.07. The SMILES string of the molecule is Cc1cc(NC(=O)N(C)C[C@H]2CCn3ccnc3C2)no1. The fraction of sp³-hybridized carbons (Fsp3) is 0.500. The Morgan fingerprint density at radius 2 is 2.48 bits per heavy atom. The van der Waals surface area contributed by atoms with Gasteiger partial charge in [-0.1, -0.05) is 5.16 Å². The van der Waals surface area contributed by atoms with Crippen molar-refractivity contribution in [2.75, 3.05) is 18.9 Å². The van der Waals surface area contributed by atoms with Crippen LogP contribution in [0.4, 0.5) is 10.6 Å². The third-order valence-corrected chi connectivity index (χ3v) is 3.79. The van der Waals surface area contributed by atoms with Gasteiger partial charge in [-0.2, -0.15) is 0 Å². The van der Waals surface area contributed by atoms with E-state index in [0.717, 1.165) is 25.2 Å². The second-order valence-corrected chi connectivity index (χ2v) is 5.53. The number of hydrogen-bond acceptors (Lipinski definition) is 4. The zero-order valence-electron chi connectivity index (χ0n) is 12.2. The van der Waals surface area contributed by atoms with Crippen LogP contribution in [0.3, 0.4) is 0 Å². The summed E-state index contributed by atoms with van der Waals surface area (Å²) >= 11 is 0. The molecule has 1 aliphatic heterocycles. The van der Waals surface area contributed by atoms with Crippen LogP contribution in [0.1, 0.15) is 18.0 Å². The van der Waals surface area contributed by atoms with Crippen molar-refractivity contribution in [3.8, 4) is 0 Å². The number of rotatable bonds is 3. The monoisotopic (exact) mass is 289 g/mol. The Labute approximate surface area is 122 Å². The van der Waals surface area contributed by atoms with E-state index in [1.165, 1.54) is 0 Å². The standard InChI is InChI=1S/C14H19N5O2/c1-10-7-12(17-21-10)16-14(20)18(2)9-11-3-5-19-6-4-15-13(19)8-11/h4,6-7,11H,3,5,8-9H2,1-2H3,(H,16,17,20)/t11-/m0/s1. The minimum absolute atomic E-state index is 0.169. The summed E-state index contributed by atoms with van der Waals surface area (Å²) in [5, 5.41) is 6.49. The summed E-state index contributed by atoms with van der Waals surface area (Å²) in [6, 6.07) is 1.53. The predicted molar refractivity (Wildman–Crippen MR) is 76.9 cm³/mol. The van der Waals surface area contributed by atoms with Crippen LogP contribution < -0.4 is 5.32 Å². The zero-order valence-corrected chi connectivity index (χ0v) is 12.2. The van der Waals surface area contributed by atoms with Crippen molar-refractivity contribution in [2.24, 2.45) is 5.92 Å². The van der Waals surface area contributed by atoms with Crippen molar-refractivity contribution < 1.29 is 9.32 Å². The molecule has 0 fully saturated rings. The molecule has 2 aromatic heterocycles. The van der Waals surface area contributed by atoms with Gasteiger partial charge in [0.05, 0.1) is 0 Å². The summed E-state index contributed by atoms with van der Waals surface area (Å²) in [7, 11) is 1.79. The van der Waals surface area contributed by atoms with Crippen molar-refractivity contribution in [3.05, 3.63) is 30.0 Å². The van der Waals surface area contributed by atoms with Crippen LogP contribution in [0.25, 0.3) is 0 Å². The van der Waals surface area contributed by atoms with E-state index in [9.17, 15) is 4.79 Å². The highest BCUT2D eigenvalue weighted by Gasteiger charge is 2.22. The van der Waals surface area contributed by atoms with Crippen LogP contribution in [0.15, 0.2) is 23.0 Å². The molecule has 112 valence electrons. The van der Waals surface area contributed by atoms with Crippen molar-refractivity contribution >= 4 is 11.8 Å². The lowest BCUT2D eigenvalue weighted by Crippen LogP contribution is -2.37. The van der Waals surface area contributed by atoms with Crippen LogP contribution in [0.5, 0.6) is 0 Å². The number of imidazole rings is 1. The van der Waals surface area contributed by atoms with Gasteiger partial charge in [-0.15, -0.1) is 0 Å². The van der Waals surface area contributed by atoms with Gasteiger partial charge >= 0.3 is 6.03 Å². The molecule has 1 N–H and O–H groups in total. The van der Waals surface area contributed by atoms with E-state index in [2.05, 4.69) is 20.0 Å². The molecular formula is C14H19N5O2. The van der Waals surface area contributed by atoms with Crippen LogP contribution >= 0.6 is 0 Å². The molecule has 0 bridgehead atoms. The lowest BCUT2D eigenvalue weighted by molar-refractivity contribution is 0.207. The zero-order chi connectivity index (χ0) is 14.8. The van der Waals surface area contributed by atoms with Crippen LogP contribution in [0, 0.1) is 12.8 Å². The van der Waals surface area contributed by atoms with E-state index >= 15 is 0 Å². The van der Waals surface area contributed by atoms with Gasteiger partial charge in [0, 0.05) is 45.0 Å². The number of urea groups is 1. The predicted octanol–water partition coefficient (Wildman–Crippen LogP) is 1.91. The maximum absolute atomic E-state index is 12.1. The average Bonchev–Trinajstić information content (AvgIpc) is 3.07. The first kappa shape index (κ1) is 13.7. The normalized spacial score (nSPS) is 17.3. The third-order valence-electron chi connectivity index (χ3n) is 3.79. The number of aryl methyl sites for hydroxylation is 2. The highest BCUT2D eigenvalue weighted by molar-refractivity contribution is 5.88. The minimum Gasteiger partial charge on any atom is -0.360 e. The molecule has 0 unspecified atom stereocenters. The number of amides is 2. The summed E-state index contributed by atoms with van der Waals surface area (Å²) in [4.78, 5) is 18.1. The van der Waals surface area contributed by atoms with E-state index in [1.54, 1.807) is 24.9 Å². The van der Waals surface area contributed by atoms with Gasteiger partial charge in [0.15, 0.2) is 5.82 Å². The third kappa shape index (κ3) is 3.07. The smallest absolute Gasteiger partial charge is 0.322 e. The maximum atomic E-state index is 12.1. The Morgan fingerprint density at radius 3 is 3.24 bits per heavy atom. The lowest BCUT2D eigenvalue weighted by atomic mass is 9.97. The fourth-order valence-corrected chi connectivity index (χ4v) is 2.67. The molecule has 0 saturated heterocycles. The minimum atomic E-state index is -0.169. The first-order chi connectivity index (χ1) is 10.1. The molecule has 7 nitrogen and oxygen atoms in total. The molecule has 3 heterocycles. The van der Waals surface area contributed by atoms with Crippen molar-refractivity contribution in [2.45, 2.75) is 26.3 Å². The Hall–Kier alpha value is -2.31. The molecule has 0 radical (unpaired) electrons. The highest BCUT2D eigenvalue weighted by atomic mass is 16.5. The number of hydrogen-bond donors (Lipinski definition) is 1. The van der Waals surface area contributed by atoms with E-state index in [1.807, 2.05) is 12.4 Å². The molecule has 1 aliphatic rings. The van der Waals surface area contributed by atoms with E-state index in [4.69, 9.17) is 4.52 Å². The lowest BCUT2D eigenvalue weighted by Gasteiger charge is -2.27. The van der Waals surface area contributed by atoms with E-state index in [0.29, 0.717) is 24.0 Å². The highest BCUT2D eigenvalue weighted by Crippen LogP contribution is 2.20. The molecule has 21 heavy (non-hydrogen) atoms. The van der Waals surface area contributed by atoms with Crippen LogP contribution in [-0.2, 0) is 13.0 Å². The van der Waals surface area contributed by atoms with Gasteiger partial charge < -0.3 is 14.0 Å². The first-order valence-electron chi connectivity index (χ1n) is 7.07. The topological polar surface area (TPSA) is 76.2 Å². The van der Waals surface area contributed by atoms with Gasteiger partial charge in [0.1, 0.15) is 11.6 Å². The molecule has 0 aromatic carbocycles. The van der Waals surface area contributed by atoms with Crippen LogP contribution in [-0.4, -0.2) is 39.2 Å². The number of carbonyl (C=O) groups is 1. The number of nitrogens with zero attached hydrogens (tertiary/aromatic N) is 4. The Bertz CT molecular complexity index is 633. The van der Waals surface area contributed by atoms with Gasteiger partial charge in [0.25, 0.3) is 0 Å². The number of carbonyl (C=O) groups excluding carboxylic acids is 1. The Balaban J connectivity index is 1.54. The van der Waals surface area contributed by atoms with E-state index < -0.39 is 0 Å².